The zero-order valence-corrected chi connectivity index (χ0v) is 62.5. The average Bonchev–Trinajstić information content (AvgIpc) is 1.65. The molecule has 552 valence electrons. The van der Waals surface area contributed by atoms with Gasteiger partial charge in [-0.15, -0.1) is 0 Å². The highest BCUT2D eigenvalue weighted by Crippen LogP contribution is 2.45. The third kappa shape index (κ3) is 64.5. The second-order valence-electron chi connectivity index (χ2n) is 27.4. The minimum atomic E-state index is -4.96. The lowest BCUT2D eigenvalue weighted by molar-refractivity contribution is -0.161. The second-order valence-corrected chi connectivity index (χ2v) is 30.3. The molecule has 0 aromatic rings. The molecular weight excluding hydrogens is 1220 g/mol. The summed E-state index contributed by atoms with van der Waals surface area (Å²) in [7, 11) is -9.91. The van der Waals surface area contributed by atoms with Crippen molar-refractivity contribution in [1.29, 1.82) is 0 Å². The first-order chi connectivity index (χ1) is 44.8. The van der Waals surface area contributed by atoms with E-state index in [0.29, 0.717) is 25.7 Å². The zero-order valence-electron chi connectivity index (χ0n) is 60.7. The minimum Gasteiger partial charge on any atom is -0.462 e. The lowest BCUT2D eigenvalue weighted by Gasteiger charge is -2.21. The molecule has 0 saturated heterocycles. The number of aliphatic hydroxyl groups is 1. The molecule has 0 amide bonds. The summed E-state index contributed by atoms with van der Waals surface area (Å²) in [5.41, 5.74) is 0. The van der Waals surface area contributed by atoms with Gasteiger partial charge in [0.05, 0.1) is 26.4 Å². The molecule has 0 aliphatic rings. The summed E-state index contributed by atoms with van der Waals surface area (Å²) >= 11 is 0. The van der Waals surface area contributed by atoms with Crippen molar-refractivity contribution in [2.75, 3.05) is 39.6 Å². The molecule has 0 spiro atoms. The van der Waals surface area contributed by atoms with E-state index < -0.39 is 97.5 Å². The number of aliphatic hydroxyl groups excluding tert-OH is 1. The highest BCUT2D eigenvalue weighted by Gasteiger charge is 2.30. The Morgan fingerprint density at radius 3 is 0.763 bits per heavy atom. The molecule has 0 rings (SSSR count). The summed E-state index contributed by atoms with van der Waals surface area (Å²) in [6, 6.07) is 0. The van der Waals surface area contributed by atoms with E-state index in [-0.39, 0.29) is 25.7 Å². The lowest BCUT2D eigenvalue weighted by Crippen LogP contribution is -2.30. The van der Waals surface area contributed by atoms with E-state index in [1.54, 1.807) is 0 Å². The van der Waals surface area contributed by atoms with Gasteiger partial charge in [0.15, 0.2) is 12.2 Å². The van der Waals surface area contributed by atoms with Crippen LogP contribution in [0.25, 0.3) is 0 Å². The van der Waals surface area contributed by atoms with Crippen molar-refractivity contribution in [1.82, 2.24) is 0 Å². The van der Waals surface area contributed by atoms with Crippen LogP contribution >= 0.6 is 15.6 Å². The first-order valence-electron chi connectivity index (χ1n) is 38.5. The third-order valence-electron chi connectivity index (χ3n) is 18.2. The number of carbonyl (C=O) groups excluding carboxylic acids is 4. The van der Waals surface area contributed by atoms with E-state index in [9.17, 15) is 43.2 Å². The fourth-order valence-electron chi connectivity index (χ4n) is 11.2. The Morgan fingerprint density at radius 1 is 0.301 bits per heavy atom. The van der Waals surface area contributed by atoms with E-state index in [0.717, 1.165) is 114 Å². The number of unbranched alkanes of at least 4 members (excludes halogenated alkanes) is 37. The van der Waals surface area contributed by atoms with Crippen LogP contribution in [0.2, 0.25) is 0 Å². The Labute approximate surface area is 568 Å². The molecule has 19 heteroatoms. The summed E-state index contributed by atoms with van der Waals surface area (Å²) in [6.07, 6.45) is 49.8. The molecule has 0 heterocycles. The molecular formula is C74H144O17P2. The lowest BCUT2D eigenvalue weighted by atomic mass is 9.99. The number of phosphoric acid groups is 2. The fourth-order valence-corrected chi connectivity index (χ4v) is 12.7. The first-order valence-corrected chi connectivity index (χ1v) is 41.5. The van der Waals surface area contributed by atoms with E-state index in [2.05, 4.69) is 48.5 Å². The van der Waals surface area contributed by atoms with Crippen LogP contribution in [0.1, 0.15) is 376 Å². The van der Waals surface area contributed by atoms with Gasteiger partial charge in [-0.3, -0.25) is 37.3 Å². The Balaban J connectivity index is 5.26. The third-order valence-corrected chi connectivity index (χ3v) is 20.1. The first kappa shape index (κ1) is 91.1. The van der Waals surface area contributed by atoms with Crippen LogP contribution in [0.3, 0.4) is 0 Å². The van der Waals surface area contributed by atoms with Gasteiger partial charge < -0.3 is 33.8 Å². The van der Waals surface area contributed by atoms with Crippen molar-refractivity contribution in [2.24, 2.45) is 17.8 Å². The maximum atomic E-state index is 13.1. The van der Waals surface area contributed by atoms with Gasteiger partial charge in [0, 0.05) is 25.7 Å². The van der Waals surface area contributed by atoms with Crippen LogP contribution in [-0.2, 0) is 65.4 Å². The van der Waals surface area contributed by atoms with Crippen molar-refractivity contribution >= 4 is 39.5 Å². The highest BCUT2D eigenvalue weighted by molar-refractivity contribution is 7.47. The molecule has 0 bridgehead atoms. The maximum Gasteiger partial charge on any atom is 0.472 e. The Kier molecular flexibility index (Phi) is 63.4. The van der Waals surface area contributed by atoms with E-state index in [4.69, 9.17) is 37.0 Å². The topological polar surface area (TPSA) is 237 Å². The molecule has 0 aromatic carbocycles. The standard InChI is InChI=1S/C74H144O17P2/c1-8-12-13-14-15-16-17-18-19-20-21-22-23-28-34-43-50-57-73(78)90-69(61-84-71(76)55-48-41-33-27-25-24-26-31-38-45-52-65(5)9-2)63-88-92(80,81)86-59-68(75)60-87-93(82,83)89-64-70(62-85-72(77)56-49-42-37-36-40-47-54-67(7)11-4)91-74(79)58-51-44-35-30-29-32-39-46-53-66(6)10-3/h65-70,75H,8-64H2,1-7H3,(H,80,81)(H,82,83)/t65?,66?,67?,68-,69-,70-/m1/s1. The normalized spacial score (nSPS) is 15.0. The molecule has 3 N–H and O–H groups in total. The molecule has 0 fully saturated rings. The number of rotatable bonds is 72. The molecule has 93 heavy (non-hydrogen) atoms. The van der Waals surface area contributed by atoms with Crippen LogP contribution in [0.4, 0.5) is 0 Å². The minimum absolute atomic E-state index is 0.104. The van der Waals surface area contributed by atoms with Gasteiger partial charge in [-0.2, -0.15) is 0 Å². The summed E-state index contributed by atoms with van der Waals surface area (Å²) in [4.78, 5) is 72.7. The number of phosphoric ester groups is 2. The van der Waals surface area contributed by atoms with Crippen LogP contribution in [0, 0.1) is 17.8 Å². The number of hydrogen-bond donors (Lipinski definition) is 3. The predicted octanol–water partition coefficient (Wildman–Crippen LogP) is 21.4. The number of esters is 4. The Morgan fingerprint density at radius 2 is 0.516 bits per heavy atom. The monoisotopic (exact) mass is 1370 g/mol. The van der Waals surface area contributed by atoms with Crippen LogP contribution in [-0.4, -0.2) is 96.7 Å². The largest absolute Gasteiger partial charge is 0.472 e. The van der Waals surface area contributed by atoms with Crippen molar-refractivity contribution in [3.63, 3.8) is 0 Å². The quantitative estimate of drug-likeness (QED) is 0.0222. The van der Waals surface area contributed by atoms with Crippen molar-refractivity contribution < 1.29 is 80.2 Å². The van der Waals surface area contributed by atoms with Crippen LogP contribution in [0.5, 0.6) is 0 Å². The number of carbonyl (C=O) groups is 4. The molecule has 0 radical (unpaired) electrons. The maximum absolute atomic E-state index is 13.1. The molecule has 17 nitrogen and oxygen atoms in total. The molecule has 5 unspecified atom stereocenters. The summed E-state index contributed by atoms with van der Waals surface area (Å²) in [6.45, 7) is 11.9. The van der Waals surface area contributed by atoms with Crippen LogP contribution < -0.4 is 0 Å². The van der Waals surface area contributed by atoms with E-state index in [1.165, 1.54) is 180 Å². The average molecular weight is 1370 g/mol. The van der Waals surface area contributed by atoms with Gasteiger partial charge in [-0.05, 0) is 43.4 Å². The molecule has 0 aromatic heterocycles. The van der Waals surface area contributed by atoms with Crippen molar-refractivity contribution in [3.8, 4) is 0 Å². The highest BCUT2D eigenvalue weighted by atomic mass is 31.2. The molecule has 0 aliphatic carbocycles. The van der Waals surface area contributed by atoms with Gasteiger partial charge in [0.25, 0.3) is 0 Å². The van der Waals surface area contributed by atoms with Crippen LogP contribution in [0.15, 0.2) is 0 Å². The molecule has 8 atom stereocenters. The summed E-state index contributed by atoms with van der Waals surface area (Å²) < 4.78 is 68.5. The van der Waals surface area contributed by atoms with E-state index in [1.807, 2.05) is 0 Å². The van der Waals surface area contributed by atoms with Gasteiger partial charge >= 0.3 is 39.5 Å². The smallest absolute Gasteiger partial charge is 0.462 e. The van der Waals surface area contributed by atoms with Gasteiger partial charge in [-0.1, -0.05) is 325 Å². The molecule has 0 saturated carbocycles. The summed E-state index contributed by atoms with van der Waals surface area (Å²) in [5.74, 6) is 0.187. The fraction of sp³-hybridized carbons (Fsp3) is 0.946. The number of ether oxygens (including phenoxy) is 4. The van der Waals surface area contributed by atoms with Crippen molar-refractivity contribution in [2.45, 2.75) is 394 Å². The predicted molar refractivity (Wildman–Crippen MR) is 377 cm³/mol. The Hall–Kier alpha value is -1.94. The van der Waals surface area contributed by atoms with Gasteiger partial charge in [0.2, 0.25) is 0 Å². The number of hydrogen-bond acceptors (Lipinski definition) is 15. The SMILES string of the molecule is CCCCCCCCCCCCCCCCCCCC(=O)O[C@H](COC(=O)CCCCCCCCCCCCC(C)CC)COP(=O)(O)OC[C@@H](O)COP(=O)(O)OC[C@@H](COC(=O)CCCCCCCCC(C)CC)OC(=O)CCCCCCCCCCC(C)CC. The zero-order chi connectivity index (χ0) is 68.7. The van der Waals surface area contributed by atoms with E-state index >= 15 is 0 Å². The summed E-state index contributed by atoms with van der Waals surface area (Å²) in [5, 5.41) is 10.6. The second kappa shape index (κ2) is 64.7. The molecule has 0 aliphatic heterocycles. The van der Waals surface area contributed by atoms with Gasteiger partial charge in [-0.25, -0.2) is 9.13 Å². The Bertz CT molecular complexity index is 1820. The van der Waals surface area contributed by atoms with Crippen molar-refractivity contribution in [3.05, 3.63) is 0 Å². The van der Waals surface area contributed by atoms with Gasteiger partial charge in [0.1, 0.15) is 19.3 Å².